The number of hydrogen-bond donors (Lipinski definition) is 4. The van der Waals surface area contributed by atoms with Gasteiger partial charge in [0.15, 0.2) is 23.0 Å². The van der Waals surface area contributed by atoms with Crippen LogP contribution in [-0.2, 0) is 33.6 Å². The Kier molecular flexibility index (Phi) is 9.46. The summed E-state index contributed by atoms with van der Waals surface area (Å²) < 4.78 is 23.5. The fraction of sp³-hybridized carbons (Fsp3) is 0.436. The molecule has 0 aliphatic carbocycles. The summed E-state index contributed by atoms with van der Waals surface area (Å²) in [6, 6.07) is 10.9. The Hall–Kier alpha value is -5.32. The molecule has 2 amide bonds. The van der Waals surface area contributed by atoms with E-state index >= 15 is 0 Å². The van der Waals surface area contributed by atoms with Crippen LogP contribution in [0.3, 0.4) is 0 Å². The molecule has 1 saturated heterocycles. The lowest BCUT2D eigenvalue weighted by atomic mass is 9.72. The lowest BCUT2D eigenvalue weighted by Gasteiger charge is -2.56. The summed E-state index contributed by atoms with van der Waals surface area (Å²) in [5, 5.41) is 31.9. The first-order valence-electron chi connectivity index (χ1n) is 17.6. The molecule has 6 atom stereocenters. The third-order valence-corrected chi connectivity index (χ3v) is 10.7. The molecule has 3 aromatic carbocycles. The van der Waals surface area contributed by atoms with E-state index in [0.29, 0.717) is 64.5 Å². The van der Waals surface area contributed by atoms with Crippen LogP contribution in [0.1, 0.15) is 71.3 Å². The number of nitriles is 1. The SMILES string of the molecule is COc1c(C)cc2c(c1O)[C@H]1N[C@@H](C2)[C@H](C#N)N2C1Cc1c(OC(C)=O)c(C)c3c(c1[C@@H]2CNC(=O)C(C)NC(=O)CCc1ccccc1)OCO3. The number of rotatable bonds is 9. The molecule has 7 rings (SSSR count). The minimum atomic E-state index is -0.837. The van der Waals surface area contributed by atoms with Gasteiger partial charge in [-0.15, -0.1) is 0 Å². The van der Waals surface area contributed by atoms with Gasteiger partial charge in [-0.2, -0.15) is 5.26 Å². The molecule has 4 aliphatic rings. The van der Waals surface area contributed by atoms with E-state index in [1.807, 2.05) is 43.3 Å². The predicted molar refractivity (Wildman–Crippen MR) is 188 cm³/mol. The molecule has 0 aromatic heterocycles. The summed E-state index contributed by atoms with van der Waals surface area (Å²) in [6.07, 6.45) is 1.58. The van der Waals surface area contributed by atoms with E-state index < -0.39 is 42.1 Å². The predicted octanol–water partition coefficient (Wildman–Crippen LogP) is 3.35. The van der Waals surface area contributed by atoms with Crippen molar-refractivity contribution in [2.75, 3.05) is 20.4 Å². The maximum atomic E-state index is 13.6. The summed E-state index contributed by atoms with van der Waals surface area (Å²) in [4.78, 5) is 41.1. The minimum Gasteiger partial charge on any atom is -0.504 e. The summed E-state index contributed by atoms with van der Waals surface area (Å²) >= 11 is 0. The zero-order chi connectivity index (χ0) is 36.8. The van der Waals surface area contributed by atoms with Crippen molar-refractivity contribution in [3.63, 3.8) is 0 Å². The maximum absolute atomic E-state index is 13.6. The van der Waals surface area contributed by atoms with Crippen molar-refractivity contribution in [1.29, 1.82) is 5.26 Å². The van der Waals surface area contributed by atoms with E-state index in [2.05, 4.69) is 26.9 Å². The van der Waals surface area contributed by atoms with Crippen LogP contribution in [0.4, 0.5) is 0 Å². The smallest absolute Gasteiger partial charge is 0.308 e. The van der Waals surface area contributed by atoms with Gasteiger partial charge in [-0.3, -0.25) is 19.3 Å². The fourth-order valence-corrected chi connectivity index (χ4v) is 8.53. The number of methoxy groups -OCH3 is 1. The Labute approximate surface area is 302 Å². The summed E-state index contributed by atoms with van der Waals surface area (Å²) in [5.74, 6) is 0.532. The zero-order valence-corrected chi connectivity index (χ0v) is 29.9. The number of phenols is 1. The molecular weight excluding hydrogens is 666 g/mol. The van der Waals surface area contributed by atoms with Crippen molar-refractivity contribution in [3.8, 4) is 34.8 Å². The number of nitrogens with one attached hydrogen (secondary N) is 3. The van der Waals surface area contributed by atoms with Gasteiger partial charge in [0.1, 0.15) is 17.8 Å². The van der Waals surface area contributed by atoms with Crippen molar-refractivity contribution < 1.29 is 38.4 Å². The molecule has 3 aromatic rings. The number of carbonyl (C=O) groups is 3. The molecule has 13 heteroatoms. The van der Waals surface area contributed by atoms with Gasteiger partial charge >= 0.3 is 5.97 Å². The number of ether oxygens (including phenoxy) is 4. The van der Waals surface area contributed by atoms with Crippen LogP contribution < -0.4 is 34.9 Å². The monoisotopic (exact) mass is 709 g/mol. The van der Waals surface area contributed by atoms with E-state index in [-0.39, 0.29) is 37.5 Å². The van der Waals surface area contributed by atoms with Gasteiger partial charge in [0.05, 0.1) is 25.3 Å². The fourth-order valence-electron chi connectivity index (χ4n) is 8.53. The van der Waals surface area contributed by atoms with Crippen LogP contribution in [0.5, 0.6) is 28.7 Å². The van der Waals surface area contributed by atoms with Crippen molar-refractivity contribution in [1.82, 2.24) is 20.9 Å². The van der Waals surface area contributed by atoms with Gasteiger partial charge in [-0.1, -0.05) is 36.4 Å². The molecule has 2 bridgehead atoms. The van der Waals surface area contributed by atoms with Crippen LogP contribution in [-0.4, -0.2) is 72.4 Å². The molecule has 0 radical (unpaired) electrons. The molecule has 1 fully saturated rings. The molecule has 13 nitrogen and oxygen atoms in total. The van der Waals surface area contributed by atoms with Crippen LogP contribution in [0.25, 0.3) is 0 Å². The average molecular weight is 710 g/mol. The third kappa shape index (κ3) is 6.05. The number of phenolic OH excluding ortho intramolecular Hbond substituents is 1. The number of fused-ring (bicyclic) bond motifs is 9. The molecule has 2 unspecified atom stereocenters. The van der Waals surface area contributed by atoms with Crippen LogP contribution >= 0.6 is 0 Å². The van der Waals surface area contributed by atoms with Gasteiger partial charge in [0.2, 0.25) is 18.6 Å². The van der Waals surface area contributed by atoms with Crippen molar-refractivity contribution >= 4 is 17.8 Å². The minimum absolute atomic E-state index is 0.0402. The van der Waals surface area contributed by atoms with Crippen LogP contribution in [0.2, 0.25) is 0 Å². The number of carbonyl (C=O) groups excluding carboxylic acids is 3. The van der Waals surface area contributed by atoms with Gasteiger partial charge in [0.25, 0.3) is 0 Å². The average Bonchev–Trinajstić information content (AvgIpc) is 3.62. The molecule has 272 valence electrons. The van der Waals surface area contributed by atoms with Crippen molar-refractivity contribution in [3.05, 3.63) is 75.3 Å². The highest BCUT2D eigenvalue weighted by Crippen LogP contribution is 2.56. The maximum Gasteiger partial charge on any atom is 0.308 e. The topological polar surface area (TPSA) is 171 Å². The number of aromatic hydroxyl groups is 1. The number of benzene rings is 3. The highest BCUT2D eigenvalue weighted by atomic mass is 16.7. The van der Waals surface area contributed by atoms with E-state index in [9.17, 15) is 24.8 Å². The Bertz CT molecular complexity index is 1980. The Morgan fingerprint density at radius 1 is 1.12 bits per heavy atom. The van der Waals surface area contributed by atoms with Gasteiger partial charge in [0, 0.05) is 54.2 Å². The molecule has 4 aliphatic heterocycles. The van der Waals surface area contributed by atoms with Crippen LogP contribution in [0, 0.1) is 25.2 Å². The number of amides is 2. The first-order valence-corrected chi connectivity index (χ1v) is 17.6. The second-order valence-electron chi connectivity index (χ2n) is 13.9. The lowest BCUT2D eigenvalue weighted by molar-refractivity contribution is -0.132. The first-order chi connectivity index (χ1) is 25.0. The lowest BCUT2D eigenvalue weighted by Crippen LogP contribution is -2.68. The van der Waals surface area contributed by atoms with Gasteiger partial charge in [-0.25, -0.2) is 0 Å². The van der Waals surface area contributed by atoms with E-state index in [1.54, 1.807) is 13.8 Å². The van der Waals surface area contributed by atoms with Crippen molar-refractivity contribution in [2.45, 2.75) is 89.6 Å². The summed E-state index contributed by atoms with van der Waals surface area (Å²) in [7, 11) is 1.52. The largest absolute Gasteiger partial charge is 0.504 e. The quantitative estimate of drug-likeness (QED) is 0.190. The Morgan fingerprint density at radius 3 is 2.58 bits per heavy atom. The number of nitrogens with zero attached hydrogens (tertiary/aromatic N) is 2. The first kappa shape index (κ1) is 35.1. The second-order valence-corrected chi connectivity index (χ2v) is 13.9. The summed E-state index contributed by atoms with van der Waals surface area (Å²) in [5.41, 5.74) is 5.40. The summed E-state index contributed by atoms with van der Waals surface area (Å²) in [6.45, 7) is 6.64. The third-order valence-electron chi connectivity index (χ3n) is 10.7. The molecule has 4 N–H and O–H groups in total. The molecule has 0 spiro atoms. The van der Waals surface area contributed by atoms with Crippen molar-refractivity contribution in [2.24, 2.45) is 0 Å². The molecule has 4 heterocycles. The second kappa shape index (κ2) is 14.0. The van der Waals surface area contributed by atoms with E-state index in [0.717, 1.165) is 16.7 Å². The van der Waals surface area contributed by atoms with E-state index in [1.165, 1.54) is 14.0 Å². The number of esters is 1. The number of aryl methyl sites for hydroxylation is 2. The van der Waals surface area contributed by atoms with Gasteiger partial charge < -0.3 is 40.0 Å². The van der Waals surface area contributed by atoms with Gasteiger partial charge in [-0.05, 0) is 56.7 Å². The number of piperazine rings is 1. The highest BCUT2D eigenvalue weighted by molar-refractivity contribution is 5.87. The standard InChI is InChI=1S/C39H43N5O8/c1-19-13-24-14-26-28(16-40)44-27(33(43-26)31(24)34(47)35(19)49-5)15-25-32(38-37(50-18-51-38)20(2)36(25)52-22(4)45)29(44)17-41-39(48)21(3)42-30(46)12-11-23-9-7-6-8-10-23/h6-10,13,21,26-29,33,43,47H,11-12,14-15,17-18H2,1-5H3,(H,41,48)(H,42,46)/t21?,26-,27?,28-,29-,33-/m0/s1. The zero-order valence-electron chi connectivity index (χ0n) is 29.9. The Morgan fingerprint density at radius 2 is 1.87 bits per heavy atom. The highest BCUT2D eigenvalue weighted by Gasteiger charge is 2.54. The molecular formula is C39H43N5O8. The van der Waals surface area contributed by atoms with E-state index in [4.69, 9.17) is 18.9 Å². The van der Waals surface area contributed by atoms with Crippen LogP contribution in [0.15, 0.2) is 36.4 Å². The number of hydrogen-bond acceptors (Lipinski definition) is 11. The molecule has 52 heavy (non-hydrogen) atoms. The normalized spacial score (nSPS) is 22.9. The Balaban J connectivity index is 1.26. The molecule has 0 saturated carbocycles.